The lowest BCUT2D eigenvalue weighted by Gasteiger charge is -2.12. The van der Waals surface area contributed by atoms with Crippen LogP contribution in [-0.2, 0) is 6.54 Å². The second-order valence-electron chi connectivity index (χ2n) is 4.91. The highest BCUT2D eigenvalue weighted by molar-refractivity contribution is 4.75. The van der Waals surface area contributed by atoms with Crippen LogP contribution in [0, 0.1) is 17.8 Å². The summed E-state index contributed by atoms with van der Waals surface area (Å²) in [5, 5.41) is 0. The third-order valence-electron chi connectivity index (χ3n) is 3.52. The van der Waals surface area contributed by atoms with Gasteiger partial charge in [-0.2, -0.15) is 4.57 Å². The van der Waals surface area contributed by atoms with Crippen molar-refractivity contribution in [3.05, 3.63) is 18.9 Å². The van der Waals surface area contributed by atoms with Crippen molar-refractivity contribution in [3.63, 3.8) is 0 Å². The van der Waals surface area contributed by atoms with Crippen LogP contribution in [0.3, 0.4) is 0 Å². The molecule has 14 heavy (non-hydrogen) atoms. The molecular weight excluding hydrogens is 174 g/mol. The zero-order valence-corrected chi connectivity index (χ0v) is 9.15. The van der Waals surface area contributed by atoms with E-state index in [1.54, 1.807) is 6.26 Å². The highest BCUT2D eigenvalue weighted by Gasteiger charge is 2.29. The molecule has 2 unspecified atom stereocenters. The Balaban J connectivity index is 1.84. The van der Waals surface area contributed by atoms with Crippen molar-refractivity contribution in [3.8, 4) is 0 Å². The Morgan fingerprint density at radius 1 is 1.43 bits per heavy atom. The van der Waals surface area contributed by atoms with E-state index in [9.17, 15) is 0 Å². The number of oxazole rings is 1. The van der Waals surface area contributed by atoms with E-state index >= 15 is 0 Å². The second kappa shape index (κ2) is 4.16. The third kappa shape index (κ3) is 2.17. The first kappa shape index (κ1) is 9.75. The van der Waals surface area contributed by atoms with Crippen molar-refractivity contribution in [1.29, 1.82) is 0 Å². The summed E-state index contributed by atoms with van der Waals surface area (Å²) in [6.45, 7) is 5.83. The van der Waals surface area contributed by atoms with Gasteiger partial charge >= 0.3 is 6.39 Å². The number of aromatic nitrogens is 1. The Morgan fingerprint density at radius 3 is 2.86 bits per heavy atom. The second-order valence-corrected chi connectivity index (χ2v) is 4.91. The first-order chi connectivity index (χ1) is 6.75. The Labute approximate surface area is 85.9 Å². The van der Waals surface area contributed by atoms with Crippen molar-refractivity contribution >= 4 is 0 Å². The minimum atomic E-state index is 0.856. The first-order valence-electron chi connectivity index (χ1n) is 5.67. The van der Waals surface area contributed by atoms with Crippen molar-refractivity contribution in [2.24, 2.45) is 17.8 Å². The molecule has 0 saturated heterocycles. The molecule has 0 amide bonds. The van der Waals surface area contributed by atoms with Crippen molar-refractivity contribution in [2.45, 2.75) is 39.7 Å². The molecule has 1 saturated carbocycles. The van der Waals surface area contributed by atoms with Gasteiger partial charge in [0.2, 0.25) is 6.20 Å². The molecule has 0 spiro atoms. The standard InChI is InChI=1S/C12H20NO/c1-10(2)12-4-3-11(7-12)8-13-5-6-14-9-13/h5-6,9-12H,3-4,7-8H2,1-2H3/q+1. The zero-order chi connectivity index (χ0) is 9.97. The summed E-state index contributed by atoms with van der Waals surface area (Å²) in [6, 6.07) is 0. The van der Waals surface area contributed by atoms with E-state index in [0.29, 0.717) is 0 Å². The molecule has 1 aromatic heterocycles. The van der Waals surface area contributed by atoms with Crippen LogP contribution in [0.2, 0.25) is 0 Å². The van der Waals surface area contributed by atoms with Gasteiger partial charge in [-0.05, 0) is 31.1 Å². The minimum absolute atomic E-state index is 0.856. The number of nitrogens with zero attached hydrogens (tertiary/aromatic N) is 1. The Kier molecular flexibility index (Phi) is 2.90. The van der Waals surface area contributed by atoms with Crippen LogP contribution in [0.25, 0.3) is 0 Å². The smallest absolute Gasteiger partial charge is 0.334 e. The molecule has 0 bridgehead atoms. The predicted octanol–water partition coefficient (Wildman–Crippen LogP) is 2.64. The normalized spacial score (nSPS) is 27.4. The summed E-state index contributed by atoms with van der Waals surface area (Å²) < 4.78 is 7.22. The monoisotopic (exact) mass is 194 g/mol. The van der Waals surface area contributed by atoms with Crippen molar-refractivity contribution in [2.75, 3.05) is 0 Å². The van der Waals surface area contributed by atoms with E-state index in [0.717, 1.165) is 24.3 Å². The van der Waals surface area contributed by atoms with Crippen LogP contribution in [0.15, 0.2) is 23.3 Å². The number of hydrogen-bond donors (Lipinski definition) is 0. The SMILES string of the molecule is CC(C)C1CCC(C[n+]2ccoc2)C1. The van der Waals surface area contributed by atoms with E-state index in [1.165, 1.54) is 19.3 Å². The van der Waals surface area contributed by atoms with Gasteiger partial charge in [-0.1, -0.05) is 13.8 Å². The van der Waals surface area contributed by atoms with Crippen LogP contribution in [-0.4, -0.2) is 0 Å². The molecule has 0 N–H and O–H groups in total. The van der Waals surface area contributed by atoms with Crippen molar-refractivity contribution < 1.29 is 8.98 Å². The van der Waals surface area contributed by atoms with Gasteiger partial charge in [0.25, 0.3) is 0 Å². The Bertz CT molecular complexity index is 266. The van der Waals surface area contributed by atoms with Gasteiger partial charge in [-0.15, -0.1) is 0 Å². The summed E-state index contributed by atoms with van der Waals surface area (Å²) in [6.07, 6.45) is 9.78. The summed E-state index contributed by atoms with van der Waals surface area (Å²) in [7, 11) is 0. The highest BCUT2D eigenvalue weighted by atomic mass is 16.3. The van der Waals surface area contributed by atoms with Gasteiger partial charge < -0.3 is 4.42 Å². The number of hydrogen-bond acceptors (Lipinski definition) is 1. The largest absolute Gasteiger partial charge is 0.412 e. The van der Waals surface area contributed by atoms with E-state index in [-0.39, 0.29) is 0 Å². The van der Waals surface area contributed by atoms with Crippen molar-refractivity contribution in [1.82, 2.24) is 0 Å². The van der Waals surface area contributed by atoms with Gasteiger partial charge in [0.05, 0.1) is 0 Å². The molecule has 1 fully saturated rings. The molecule has 2 nitrogen and oxygen atoms in total. The van der Waals surface area contributed by atoms with E-state index in [2.05, 4.69) is 18.4 Å². The fourth-order valence-corrected chi connectivity index (χ4v) is 2.55. The van der Waals surface area contributed by atoms with Gasteiger partial charge in [0, 0.05) is 5.92 Å². The van der Waals surface area contributed by atoms with Gasteiger partial charge in [-0.3, -0.25) is 0 Å². The van der Waals surface area contributed by atoms with Gasteiger partial charge in [0.1, 0.15) is 0 Å². The lowest BCUT2D eigenvalue weighted by atomic mass is 9.93. The molecule has 0 aromatic carbocycles. The van der Waals surface area contributed by atoms with Crippen LogP contribution in [0.5, 0.6) is 0 Å². The average molecular weight is 194 g/mol. The highest BCUT2D eigenvalue weighted by Crippen LogP contribution is 2.35. The maximum atomic E-state index is 5.06. The fourth-order valence-electron chi connectivity index (χ4n) is 2.55. The molecule has 1 aromatic rings. The zero-order valence-electron chi connectivity index (χ0n) is 9.15. The first-order valence-corrected chi connectivity index (χ1v) is 5.67. The molecule has 0 aliphatic heterocycles. The molecule has 2 rings (SSSR count). The summed E-state index contributed by atoms with van der Waals surface area (Å²) in [5.74, 6) is 2.67. The van der Waals surface area contributed by atoms with Crippen LogP contribution < -0.4 is 4.57 Å². The quantitative estimate of drug-likeness (QED) is 0.676. The lowest BCUT2D eigenvalue weighted by molar-refractivity contribution is -0.705. The molecule has 0 radical (unpaired) electrons. The summed E-state index contributed by atoms with van der Waals surface area (Å²) in [4.78, 5) is 0. The summed E-state index contributed by atoms with van der Waals surface area (Å²) in [5.41, 5.74) is 0. The fraction of sp³-hybridized carbons (Fsp3) is 0.750. The molecular formula is C12H20NO+. The molecule has 78 valence electrons. The maximum Gasteiger partial charge on any atom is 0.334 e. The molecule has 2 heteroatoms. The van der Waals surface area contributed by atoms with Crippen LogP contribution in [0.1, 0.15) is 33.1 Å². The molecule has 1 aliphatic carbocycles. The number of rotatable bonds is 3. The van der Waals surface area contributed by atoms with E-state index < -0.39 is 0 Å². The molecule has 1 heterocycles. The molecule has 1 aliphatic rings. The Hall–Kier alpha value is -0.790. The summed E-state index contributed by atoms with van der Waals surface area (Å²) >= 11 is 0. The topological polar surface area (TPSA) is 17.0 Å². The maximum absolute atomic E-state index is 5.06. The van der Waals surface area contributed by atoms with Crippen LogP contribution in [0.4, 0.5) is 0 Å². The lowest BCUT2D eigenvalue weighted by Crippen LogP contribution is -2.34. The predicted molar refractivity (Wildman–Crippen MR) is 54.6 cm³/mol. The third-order valence-corrected chi connectivity index (χ3v) is 3.52. The minimum Gasteiger partial charge on any atom is -0.412 e. The Morgan fingerprint density at radius 2 is 2.29 bits per heavy atom. The van der Waals surface area contributed by atoms with Crippen LogP contribution >= 0.6 is 0 Å². The van der Waals surface area contributed by atoms with E-state index in [4.69, 9.17) is 4.42 Å². The molecule has 2 atom stereocenters. The average Bonchev–Trinajstić information content (AvgIpc) is 2.75. The van der Waals surface area contributed by atoms with E-state index in [1.807, 2.05) is 12.6 Å². The van der Waals surface area contributed by atoms with Gasteiger partial charge in [0.15, 0.2) is 12.8 Å². The van der Waals surface area contributed by atoms with Gasteiger partial charge in [-0.25, -0.2) is 0 Å².